The van der Waals surface area contributed by atoms with E-state index in [-0.39, 0.29) is 5.78 Å². The molecule has 1 aliphatic heterocycles. The number of carbonyl (C=O) groups is 1. The Bertz CT molecular complexity index is 373. The second-order valence-electron chi connectivity index (χ2n) is 3.30. The lowest BCUT2D eigenvalue weighted by molar-refractivity contribution is -0.116. The Balaban J connectivity index is 3.06. The molecule has 0 aliphatic carbocycles. The third kappa shape index (κ3) is 3.20. The monoisotopic (exact) mass is 205 g/mol. The van der Waals surface area contributed by atoms with Crippen LogP contribution in [0, 0.1) is 0 Å². The molecule has 0 aromatic carbocycles. The minimum atomic E-state index is -0.0765. The van der Waals surface area contributed by atoms with Crippen LogP contribution in [0.5, 0.6) is 0 Å². The van der Waals surface area contributed by atoms with Gasteiger partial charge in [0.05, 0.1) is 13.7 Å². The first-order valence-electron chi connectivity index (χ1n) is 4.79. The highest BCUT2D eigenvalue weighted by atomic mass is 16.5. The van der Waals surface area contributed by atoms with Crippen molar-refractivity contribution in [2.75, 3.05) is 13.7 Å². The fourth-order valence-electron chi connectivity index (χ4n) is 1.24. The molecule has 0 saturated heterocycles. The Morgan fingerprint density at radius 1 is 1.60 bits per heavy atom. The fourth-order valence-corrected chi connectivity index (χ4v) is 1.24. The minimum absolute atomic E-state index is 0.0765. The molecule has 0 spiro atoms. The maximum atomic E-state index is 11.2. The van der Waals surface area contributed by atoms with Crippen LogP contribution in [0.1, 0.15) is 13.8 Å². The van der Waals surface area contributed by atoms with Gasteiger partial charge in [0, 0.05) is 13.1 Å². The highest BCUT2D eigenvalue weighted by Crippen LogP contribution is 2.12. The van der Waals surface area contributed by atoms with Crippen molar-refractivity contribution in [2.24, 2.45) is 4.99 Å². The molecule has 1 aliphatic rings. The number of rotatable bonds is 3. The van der Waals surface area contributed by atoms with E-state index in [0.717, 1.165) is 11.1 Å². The lowest BCUT2D eigenvalue weighted by Crippen LogP contribution is -1.99. The van der Waals surface area contributed by atoms with Crippen LogP contribution in [0.2, 0.25) is 0 Å². The Kier molecular flexibility index (Phi) is 4.03. The van der Waals surface area contributed by atoms with E-state index >= 15 is 0 Å². The molecule has 0 bridgehead atoms. The summed E-state index contributed by atoms with van der Waals surface area (Å²) >= 11 is 0. The minimum Gasteiger partial charge on any atom is -0.493 e. The smallest absolute Gasteiger partial charge is 0.194 e. The zero-order valence-corrected chi connectivity index (χ0v) is 9.28. The molecule has 0 aromatic heterocycles. The number of nitrogens with zero attached hydrogens (tertiary/aromatic N) is 1. The van der Waals surface area contributed by atoms with Crippen LogP contribution in [0.3, 0.4) is 0 Å². The van der Waals surface area contributed by atoms with Gasteiger partial charge in [-0.25, -0.2) is 0 Å². The molecule has 3 nitrogen and oxygen atoms in total. The number of allylic oxidation sites excluding steroid dienone is 5. The molecule has 80 valence electrons. The van der Waals surface area contributed by atoms with E-state index in [0.29, 0.717) is 12.3 Å². The predicted octanol–water partition coefficient (Wildman–Crippen LogP) is 2.06. The van der Waals surface area contributed by atoms with Gasteiger partial charge in [-0.2, -0.15) is 0 Å². The molecule has 0 radical (unpaired) electrons. The first-order valence-corrected chi connectivity index (χ1v) is 4.79. The molecule has 1 rings (SSSR count). The van der Waals surface area contributed by atoms with Crippen molar-refractivity contribution < 1.29 is 9.53 Å². The number of hydrogen-bond acceptors (Lipinski definition) is 3. The maximum absolute atomic E-state index is 11.2. The quantitative estimate of drug-likeness (QED) is 0.522. The molecule has 0 atom stereocenters. The molecule has 0 saturated carbocycles. The largest absolute Gasteiger partial charge is 0.493 e. The third-order valence-electron chi connectivity index (χ3n) is 2.10. The molecule has 0 fully saturated rings. The number of ketones is 1. The van der Waals surface area contributed by atoms with Gasteiger partial charge in [-0.15, -0.1) is 0 Å². The first kappa shape index (κ1) is 11.4. The number of methoxy groups -OCH3 is 1. The Hall–Kier alpha value is -1.64. The summed E-state index contributed by atoms with van der Waals surface area (Å²) < 4.78 is 5.00. The predicted molar refractivity (Wildman–Crippen MR) is 61.0 cm³/mol. The van der Waals surface area contributed by atoms with Crippen LogP contribution >= 0.6 is 0 Å². The zero-order valence-electron chi connectivity index (χ0n) is 9.28. The molecule has 1 heterocycles. The Labute approximate surface area is 89.8 Å². The van der Waals surface area contributed by atoms with Crippen LogP contribution in [0.25, 0.3) is 0 Å². The van der Waals surface area contributed by atoms with Crippen LogP contribution in [-0.4, -0.2) is 25.7 Å². The van der Waals surface area contributed by atoms with Gasteiger partial charge in [0.15, 0.2) is 11.5 Å². The molecule has 0 aromatic rings. The molecule has 0 unspecified atom stereocenters. The number of hydrogen-bond donors (Lipinski definition) is 0. The second kappa shape index (κ2) is 5.29. The van der Waals surface area contributed by atoms with Crippen LogP contribution in [0.4, 0.5) is 0 Å². The molecular formula is C12H15NO2. The summed E-state index contributed by atoms with van der Waals surface area (Å²) in [6, 6.07) is 0. The van der Waals surface area contributed by atoms with Crippen molar-refractivity contribution in [3.05, 3.63) is 35.1 Å². The molecule has 0 N–H and O–H groups in total. The summed E-state index contributed by atoms with van der Waals surface area (Å²) in [5.74, 6) is 0.289. The SMILES string of the molecule is CO/C(=C\C1=C(C)C=NCC=C1)C(C)=O. The second-order valence-corrected chi connectivity index (χ2v) is 3.30. The van der Waals surface area contributed by atoms with Gasteiger partial charge in [0.1, 0.15) is 0 Å². The number of ether oxygens (including phenoxy) is 1. The fraction of sp³-hybridized carbons (Fsp3) is 0.333. The van der Waals surface area contributed by atoms with Crippen LogP contribution < -0.4 is 0 Å². The molecule has 3 heteroatoms. The summed E-state index contributed by atoms with van der Waals surface area (Å²) in [6.07, 6.45) is 7.45. The molecule has 15 heavy (non-hydrogen) atoms. The van der Waals surface area contributed by atoms with Crippen molar-refractivity contribution in [1.82, 2.24) is 0 Å². The number of carbonyl (C=O) groups excluding carboxylic acids is 1. The highest BCUT2D eigenvalue weighted by Gasteiger charge is 2.05. The highest BCUT2D eigenvalue weighted by molar-refractivity contribution is 5.92. The van der Waals surface area contributed by atoms with E-state index in [1.165, 1.54) is 14.0 Å². The zero-order chi connectivity index (χ0) is 11.3. The van der Waals surface area contributed by atoms with Gasteiger partial charge in [0.2, 0.25) is 0 Å². The lowest BCUT2D eigenvalue weighted by Gasteiger charge is -2.03. The average molecular weight is 205 g/mol. The third-order valence-corrected chi connectivity index (χ3v) is 2.10. The van der Waals surface area contributed by atoms with Crippen molar-refractivity contribution >= 4 is 12.0 Å². The van der Waals surface area contributed by atoms with Gasteiger partial charge in [-0.1, -0.05) is 12.2 Å². The van der Waals surface area contributed by atoms with Gasteiger partial charge >= 0.3 is 0 Å². The number of aliphatic imine (C=N–C) groups is 1. The Morgan fingerprint density at radius 3 is 2.93 bits per heavy atom. The van der Waals surface area contributed by atoms with Crippen LogP contribution in [-0.2, 0) is 9.53 Å². The first-order chi connectivity index (χ1) is 7.15. The van der Waals surface area contributed by atoms with E-state index < -0.39 is 0 Å². The van der Waals surface area contributed by atoms with E-state index in [2.05, 4.69) is 4.99 Å². The topological polar surface area (TPSA) is 38.7 Å². The van der Waals surface area contributed by atoms with Crippen molar-refractivity contribution in [3.63, 3.8) is 0 Å². The standard InChI is InChI=1S/C12H15NO2/c1-9-8-13-6-4-5-11(9)7-12(15-3)10(2)14/h4-5,7-8H,6H2,1-3H3/b12-7-. The van der Waals surface area contributed by atoms with Gasteiger partial charge < -0.3 is 4.74 Å². The summed E-state index contributed by atoms with van der Waals surface area (Å²) in [5.41, 5.74) is 1.99. The molecule has 0 amide bonds. The summed E-state index contributed by atoms with van der Waals surface area (Å²) in [5, 5.41) is 0. The van der Waals surface area contributed by atoms with Gasteiger partial charge in [-0.3, -0.25) is 9.79 Å². The Morgan fingerprint density at radius 2 is 2.33 bits per heavy atom. The average Bonchev–Trinajstić information content (AvgIpc) is 2.39. The normalized spacial score (nSPS) is 16.6. The summed E-state index contributed by atoms with van der Waals surface area (Å²) in [7, 11) is 1.50. The van der Waals surface area contributed by atoms with E-state index in [4.69, 9.17) is 4.74 Å². The lowest BCUT2D eigenvalue weighted by atomic mass is 10.1. The van der Waals surface area contributed by atoms with E-state index in [1.54, 1.807) is 12.3 Å². The van der Waals surface area contributed by atoms with Crippen molar-refractivity contribution in [2.45, 2.75) is 13.8 Å². The summed E-state index contributed by atoms with van der Waals surface area (Å²) in [4.78, 5) is 15.3. The van der Waals surface area contributed by atoms with Crippen molar-refractivity contribution in [1.29, 1.82) is 0 Å². The van der Waals surface area contributed by atoms with Crippen LogP contribution in [0.15, 0.2) is 40.1 Å². The van der Waals surface area contributed by atoms with Gasteiger partial charge in [0.25, 0.3) is 0 Å². The maximum Gasteiger partial charge on any atom is 0.194 e. The van der Waals surface area contributed by atoms with Crippen molar-refractivity contribution in [3.8, 4) is 0 Å². The van der Waals surface area contributed by atoms with E-state index in [1.807, 2.05) is 19.1 Å². The summed E-state index contributed by atoms with van der Waals surface area (Å²) in [6.45, 7) is 4.12. The molecular weight excluding hydrogens is 190 g/mol. The number of Topliss-reactive ketones (excluding diaryl/α,β-unsaturated/α-hetero) is 1. The van der Waals surface area contributed by atoms with Gasteiger partial charge in [-0.05, 0) is 24.1 Å². The van der Waals surface area contributed by atoms with E-state index in [9.17, 15) is 4.79 Å².